The van der Waals surface area contributed by atoms with Crippen LogP contribution in [0.15, 0.2) is 0 Å². The summed E-state index contributed by atoms with van der Waals surface area (Å²) in [7, 11) is 0. The molecule has 1 rings (SSSR count). The van der Waals surface area contributed by atoms with Crippen molar-refractivity contribution in [3.05, 3.63) is 0 Å². The maximum absolute atomic E-state index is 10.7. The van der Waals surface area contributed by atoms with Crippen LogP contribution in [0.3, 0.4) is 0 Å². The molecule has 1 saturated heterocycles. The van der Waals surface area contributed by atoms with E-state index in [9.17, 15) is 4.79 Å². The predicted molar refractivity (Wildman–Crippen MR) is 45.9 cm³/mol. The average molecular weight is 172 g/mol. The van der Waals surface area contributed by atoms with Crippen LogP contribution >= 0.6 is 0 Å². The zero-order valence-corrected chi connectivity index (χ0v) is 7.36. The lowest BCUT2D eigenvalue weighted by atomic mass is 10.2. The number of nitrogens with zero attached hydrogens (tertiary/aromatic N) is 1. The first-order chi connectivity index (χ1) is 5.65. The number of rotatable bonds is 3. The summed E-state index contributed by atoms with van der Waals surface area (Å²) in [5.41, 5.74) is 5.68. The quantitative estimate of drug-likeness (QED) is 0.623. The molecule has 3 N–H and O–H groups in total. The van der Waals surface area contributed by atoms with Crippen molar-refractivity contribution in [1.29, 1.82) is 0 Å². The maximum Gasteiger partial charge on any atom is 0.320 e. The summed E-state index contributed by atoms with van der Waals surface area (Å²) in [6.07, 6.45) is 1.58. The van der Waals surface area contributed by atoms with Gasteiger partial charge in [-0.05, 0) is 12.8 Å². The van der Waals surface area contributed by atoms with Gasteiger partial charge >= 0.3 is 5.97 Å². The van der Waals surface area contributed by atoms with Gasteiger partial charge in [-0.1, -0.05) is 6.92 Å². The van der Waals surface area contributed by atoms with Crippen molar-refractivity contribution in [3.63, 3.8) is 0 Å². The Labute approximate surface area is 72.3 Å². The number of hydrogen-bond acceptors (Lipinski definition) is 3. The molecule has 2 unspecified atom stereocenters. The lowest BCUT2D eigenvalue weighted by molar-refractivity contribution is -0.143. The highest BCUT2D eigenvalue weighted by Crippen LogP contribution is 2.13. The van der Waals surface area contributed by atoms with Crippen molar-refractivity contribution < 1.29 is 9.90 Å². The molecule has 0 bridgehead atoms. The molecule has 0 aliphatic carbocycles. The van der Waals surface area contributed by atoms with Gasteiger partial charge in [0.25, 0.3) is 0 Å². The van der Waals surface area contributed by atoms with E-state index in [4.69, 9.17) is 10.8 Å². The van der Waals surface area contributed by atoms with Gasteiger partial charge < -0.3 is 10.8 Å². The van der Waals surface area contributed by atoms with Gasteiger partial charge in [0.15, 0.2) is 0 Å². The molecular formula is C8H16N2O2. The molecule has 0 radical (unpaired) electrons. The number of aliphatic carboxylic acids is 1. The van der Waals surface area contributed by atoms with E-state index in [1.54, 1.807) is 0 Å². The molecule has 0 amide bonds. The first-order valence-corrected chi connectivity index (χ1v) is 4.37. The van der Waals surface area contributed by atoms with Gasteiger partial charge in [0.05, 0.1) is 0 Å². The lowest BCUT2D eigenvalue weighted by Gasteiger charge is -2.22. The molecule has 1 fully saturated rings. The highest BCUT2D eigenvalue weighted by atomic mass is 16.4. The Morgan fingerprint density at radius 2 is 2.50 bits per heavy atom. The van der Waals surface area contributed by atoms with Gasteiger partial charge in [-0.15, -0.1) is 0 Å². The Balaban J connectivity index is 2.49. The van der Waals surface area contributed by atoms with Crippen molar-refractivity contribution in [2.75, 3.05) is 13.1 Å². The Morgan fingerprint density at radius 3 is 2.83 bits per heavy atom. The van der Waals surface area contributed by atoms with Gasteiger partial charge in [0.1, 0.15) is 6.04 Å². The van der Waals surface area contributed by atoms with Crippen molar-refractivity contribution in [2.24, 2.45) is 5.73 Å². The molecule has 4 nitrogen and oxygen atoms in total. The third-order valence-electron chi connectivity index (χ3n) is 2.37. The van der Waals surface area contributed by atoms with Crippen LogP contribution in [0.5, 0.6) is 0 Å². The second-order valence-corrected chi connectivity index (χ2v) is 3.31. The topological polar surface area (TPSA) is 66.6 Å². The molecule has 70 valence electrons. The van der Waals surface area contributed by atoms with Crippen LogP contribution in [0.1, 0.15) is 19.8 Å². The molecule has 0 saturated carbocycles. The zero-order chi connectivity index (χ0) is 9.14. The smallest absolute Gasteiger partial charge is 0.320 e. The van der Waals surface area contributed by atoms with Crippen LogP contribution in [0, 0.1) is 0 Å². The number of carboxylic acid groups (broad SMARTS) is 1. The van der Waals surface area contributed by atoms with Crippen LogP contribution in [0.25, 0.3) is 0 Å². The molecule has 0 spiro atoms. The van der Waals surface area contributed by atoms with E-state index in [0.717, 1.165) is 19.5 Å². The summed E-state index contributed by atoms with van der Waals surface area (Å²) in [5.74, 6) is -0.730. The monoisotopic (exact) mass is 172 g/mol. The summed E-state index contributed by atoms with van der Waals surface area (Å²) in [5, 5.41) is 8.84. The normalized spacial score (nSPS) is 27.3. The Kier molecular flexibility index (Phi) is 3.05. The van der Waals surface area contributed by atoms with Crippen molar-refractivity contribution in [1.82, 2.24) is 4.90 Å². The second kappa shape index (κ2) is 3.87. The molecule has 12 heavy (non-hydrogen) atoms. The number of hydrogen-bond donors (Lipinski definition) is 2. The Morgan fingerprint density at radius 1 is 1.83 bits per heavy atom. The first-order valence-electron chi connectivity index (χ1n) is 4.37. The van der Waals surface area contributed by atoms with Crippen LogP contribution in [-0.2, 0) is 4.79 Å². The van der Waals surface area contributed by atoms with E-state index < -0.39 is 5.97 Å². The molecule has 0 aromatic heterocycles. The first kappa shape index (κ1) is 9.48. The second-order valence-electron chi connectivity index (χ2n) is 3.31. The molecular weight excluding hydrogens is 156 g/mol. The lowest BCUT2D eigenvalue weighted by Crippen LogP contribution is -2.40. The molecule has 2 atom stereocenters. The van der Waals surface area contributed by atoms with Gasteiger partial charge in [-0.2, -0.15) is 0 Å². The molecule has 1 aliphatic rings. The molecule has 0 aromatic rings. The van der Waals surface area contributed by atoms with Crippen molar-refractivity contribution in [3.8, 4) is 0 Å². The fourth-order valence-electron chi connectivity index (χ4n) is 1.69. The molecule has 1 aliphatic heterocycles. The number of likely N-dealkylation sites (tertiary alicyclic amines) is 1. The zero-order valence-electron chi connectivity index (χ0n) is 7.36. The van der Waals surface area contributed by atoms with E-state index in [1.165, 1.54) is 0 Å². The van der Waals surface area contributed by atoms with Gasteiger partial charge in [-0.3, -0.25) is 9.69 Å². The van der Waals surface area contributed by atoms with Crippen molar-refractivity contribution >= 4 is 5.97 Å². The average Bonchev–Trinajstić information content (AvgIpc) is 2.37. The third kappa shape index (κ3) is 1.95. The molecule has 1 heterocycles. The standard InChI is InChI=1S/C8H16N2O2/c1-2-7(8(11)12)10-4-3-6(9)5-10/h6-7H,2-5,9H2,1H3,(H,11,12). The van der Waals surface area contributed by atoms with Gasteiger partial charge in [0, 0.05) is 19.1 Å². The van der Waals surface area contributed by atoms with E-state index >= 15 is 0 Å². The SMILES string of the molecule is CCC(C(=O)O)N1CCC(N)C1. The Hall–Kier alpha value is -0.610. The molecule has 0 aromatic carbocycles. The van der Waals surface area contributed by atoms with E-state index in [1.807, 2.05) is 11.8 Å². The molecule has 4 heteroatoms. The minimum Gasteiger partial charge on any atom is -0.480 e. The van der Waals surface area contributed by atoms with E-state index in [-0.39, 0.29) is 12.1 Å². The summed E-state index contributed by atoms with van der Waals surface area (Å²) >= 11 is 0. The minimum absolute atomic E-state index is 0.165. The van der Waals surface area contributed by atoms with E-state index in [0.29, 0.717) is 6.42 Å². The maximum atomic E-state index is 10.7. The van der Waals surface area contributed by atoms with E-state index in [2.05, 4.69) is 0 Å². The predicted octanol–water partition coefficient (Wildman–Crippen LogP) is -0.117. The number of carboxylic acids is 1. The van der Waals surface area contributed by atoms with Gasteiger partial charge in [-0.25, -0.2) is 0 Å². The highest BCUT2D eigenvalue weighted by Gasteiger charge is 2.29. The number of nitrogens with two attached hydrogens (primary N) is 1. The summed E-state index contributed by atoms with van der Waals surface area (Å²) < 4.78 is 0. The largest absolute Gasteiger partial charge is 0.480 e. The minimum atomic E-state index is -0.730. The van der Waals surface area contributed by atoms with Gasteiger partial charge in [0.2, 0.25) is 0 Å². The third-order valence-corrected chi connectivity index (χ3v) is 2.37. The summed E-state index contributed by atoms with van der Waals surface area (Å²) in [6.45, 7) is 3.44. The fourth-order valence-corrected chi connectivity index (χ4v) is 1.69. The van der Waals surface area contributed by atoms with Crippen LogP contribution in [-0.4, -0.2) is 41.1 Å². The van der Waals surface area contributed by atoms with Crippen molar-refractivity contribution in [2.45, 2.75) is 31.8 Å². The number of carbonyl (C=O) groups is 1. The van der Waals surface area contributed by atoms with Crippen LogP contribution < -0.4 is 5.73 Å². The fraction of sp³-hybridized carbons (Fsp3) is 0.875. The highest BCUT2D eigenvalue weighted by molar-refractivity contribution is 5.73. The summed E-state index contributed by atoms with van der Waals surface area (Å²) in [6, 6.07) is -0.169. The van der Waals surface area contributed by atoms with Crippen LogP contribution in [0.4, 0.5) is 0 Å². The summed E-state index contributed by atoms with van der Waals surface area (Å²) in [4.78, 5) is 12.7. The Bertz CT molecular complexity index is 172. The van der Waals surface area contributed by atoms with Crippen LogP contribution in [0.2, 0.25) is 0 Å².